The average molecular weight is 208 g/mol. The molecule has 2 aliphatic carbocycles. The summed E-state index contributed by atoms with van der Waals surface area (Å²) in [6.45, 7) is 6.67. The molecule has 0 aromatic carbocycles. The van der Waals surface area contributed by atoms with Crippen LogP contribution >= 0.6 is 0 Å². The zero-order valence-electron chi connectivity index (χ0n) is 9.88. The minimum absolute atomic E-state index is 0.0805. The summed E-state index contributed by atoms with van der Waals surface area (Å²) in [5.74, 6) is 1.57. The number of esters is 1. The van der Waals surface area contributed by atoms with Crippen molar-refractivity contribution in [3.8, 4) is 0 Å². The van der Waals surface area contributed by atoms with Crippen LogP contribution in [0.4, 0.5) is 0 Å². The first-order chi connectivity index (χ1) is 6.99. The number of carbonyl (C=O) groups is 1. The van der Waals surface area contributed by atoms with E-state index in [1.807, 2.05) is 0 Å². The molecule has 1 spiro atoms. The molecule has 0 unspecified atom stereocenters. The minimum Gasteiger partial charge on any atom is -0.461 e. The maximum atomic E-state index is 11.8. The van der Waals surface area contributed by atoms with Gasteiger partial charge >= 0.3 is 5.97 Å². The lowest BCUT2D eigenvalue weighted by Gasteiger charge is -2.35. The van der Waals surface area contributed by atoms with Gasteiger partial charge in [-0.15, -0.1) is 0 Å². The van der Waals surface area contributed by atoms with Crippen molar-refractivity contribution in [1.82, 2.24) is 0 Å². The van der Waals surface area contributed by atoms with Crippen LogP contribution in [0.15, 0.2) is 0 Å². The standard InChI is InChI=1S/C13H20O2/c1-8(2)9-4-5-13-7-12(13,3)11(14)15-10(13)6-9/h8-10H,4-7H2,1-3H3/t9-,10-,12-,13+/m0/s1. The Bertz CT molecular complexity index is 322. The van der Waals surface area contributed by atoms with E-state index in [0.717, 1.165) is 24.7 Å². The van der Waals surface area contributed by atoms with Gasteiger partial charge in [0, 0.05) is 5.41 Å². The maximum Gasteiger partial charge on any atom is 0.312 e. The van der Waals surface area contributed by atoms with Crippen molar-refractivity contribution in [3.05, 3.63) is 0 Å². The van der Waals surface area contributed by atoms with E-state index in [0.29, 0.717) is 0 Å². The monoisotopic (exact) mass is 208 g/mol. The second kappa shape index (κ2) is 2.58. The molecule has 2 nitrogen and oxygen atoms in total. The van der Waals surface area contributed by atoms with Gasteiger partial charge in [-0.2, -0.15) is 0 Å². The van der Waals surface area contributed by atoms with Crippen molar-refractivity contribution in [1.29, 1.82) is 0 Å². The summed E-state index contributed by atoms with van der Waals surface area (Å²) >= 11 is 0. The summed E-state index contributed by atoms with van der Waals surface area (Å²) in [4.78, 5) is 11.8. The SMILES string of the molecule is CC(C)[C@H]1CC[C@]23C[C@@]2(C)C(=O)O[C@H]3C1. The molecule has 15 heavy (non-hydrogen) atoms. The predicted molar refractivity (Wildman–Crippen MR) is 57.2 cm³/mol. The largest absolute Gasteiger partial charge is 0.461 e. The van der Waals surface area contributed by atoms with Gasteiger partial charge in [0.25, 0.3) is 0 Å². The smallest absolute Gasteiger partial charge is 0.312 e. The molecule has 3 rings (SSSR count). The molecule has 2 saturated carbocycles. The Kier molecular flexibility index (Phi) is 1.67. The van der Waals surface area contributed by atoms with E-state index in [1.54, 1.807) is 0 Å². The molecule has 0 amide bonds. The Morgan fingerprint density at radius 2 is 2.20 bits per heavy atom. The molecule has 2 heteroatoms. The molecule has 0 N–H and O–H groups in total. The molecule has 1 aliphatic heterocycles. The molecule has 4 atom stereocenters. The lowest BCUT2D eigenvalue weighted by Crippen LogP contribution is -2.32. The third-order valence-corrected chi connectivity index (χ3v) is 5.38. The van der Waals surface area contributed by atoms with Crippen molar-refractivity contribution >= 4 is 5.97 Å². The van der Waals surface area contributed by atoms with E-state index >= 15 is 0 Å². The van der Waals surface area contributed by atoms with E-state index in [9.17, 15) is 4.79 Å². The molecule has 3 fully saturated rings. The molecule has 84 valence electrons. The van der Waals surface area contributed by atoms with Gasteiger partial charge in [0.1, 0.15) is 6.10 Å². The second-order valence-corrected chi connectivity index (χ2v) is 6.34. The molecule has 3 aliphatic rings. The van der Waals surface area contributed by atoms with E-state index in [1.165, 1.54) is 12.8 Å². The van der Waals surface area contributed by atoms with Crippen LogP contribution in [0.1, 0.15) is 46.5 Å². The highest BCUT2D eigenvalue weighted by molar-refractivity contribution is 5.85. The zero-order valence-corrected chi connectivity index (χ0v) is 9.88. The predicted octanol–water partition coefficient (Wildman–Crippen LogP) is 2.76. The van der Waals surface area contributed by atoms with Crippen LogP contribution in [0.3, 0.4) is 0 Å². The molecule has 1 heterocycles. The van der Waals surface area contributed by atoms with Gasteiger partial charge in [0.05, 0.1) is 5.41 Å². The summed E-state index contributed by atoms with van der Waals surface area (Å²) < 4.78 is 5.56. The molecule has 0 aromatic rings. The van der Waals surface area contributed by atoms with E-state index in [-0.39, 0.29) is 22.9 Å². The summed E-state index contributed by atoms with van der Waals surface area (Å²) in [5.41, 5.74) is 0.162. The second-order valence-electron chi connectivity index (χ2n) is 6.34. The Morgan fingerprint density at radius 1 is 1.47 bits per heavy atom. The Morgan fingerprint density at radius 3 is 2.80 bits per heavy atom. The maximum absolute atomic E-state index is 11.8. The minimum atomic E-state index is -0.0976. The van der Waals surface area contributed by atoms with Crippen LogP contribution in [0.25, 0.3) is 0 Å². The first kappa shape index (κ1) is 9.68. The number of hydrogen-bond acceptors (Lipinski definition) is 2. The van der Waals surface area contributed by atoms with Crippen LogP contribution in [0, 0.1) is 22.7 Å². The highest BCUT2D eigenvalue weighted by Crippen LogP contribution is 2.75. The van der Waals surface area contributed by atoms with E-state index in [4.69, 9.17) is 4.74 Å². The fourth-order valence-electron chi connectivity index (χ4n) is 3.94. The summed E-state index contributed by atoms with van der Waals surface area (Å²) in [6.07, 6.45) is 4.95. The normalized spacial score (nSPS) is 52.4. The van der Waals surface area contributed by atoms with E-state index < -0.39 is 0 Å². The Balaban J connectivity index is 1.83. The van der Waals surface area contributed by atoms with Crippen molar-refractivity contribution in [2.24, 2.45) is 22.7 Å². The van der Waals surface area contributed by atoms with Crippen LogP contribution in [0.2, 0.25) is 0 Å². The first-order valence-corrected chi connectivity index (χ1v) is 6.21. The highest BCUT2D eigenvalue weighted by atomic mass is 16.6. The highest BCUT2D eigenvalue weighted by Gasteiger charge is 2.78. The number of carbonyl (C=O) groups excluding carboxylic acids is 1. The molecule has 0 radical (unpaired) electrons. The summed E-state index contributed by atoms with van der Waals surface area (Å²) in [6, 6.07) is 0. The van der Waals surface area contributed by atoms with Gasteiger partial charge in [-0.05, 0) is 44.4 Å². The van der Waals surface area contributed by atoms with Gasteiger partial charge in [-0.3, -0.25) is 4.79 Å². The third-order valence-electron chi connectivity index (χ3n) is 5.38. The fraction of sp³-hybridized carbons (Fsp3) is 0.923. The van der Waals surface area contributed by atoms with Gasteiger partial charge in [-0.1, -0.05) is 13.8 Å². The van der Waals surface area contributed by atoms with Gasteiger partial charge in [0.15, 0.2) is 0 Å². The topological polar surface area (TPSA) is 26.3 Å². The molecular weight excluding hydrogens is 188 g/mol. The molecule has 0 bridgehead atoms. The summed E-state index contributed by atoms with van der Waals surface area (Å²) in [7, 11) is 0. The number of rotatable bonds is 1. The van der Waals surface area contributed by atoms with Crippen molar-refractivity contribution < 1.29 is 9.53 Å². The lowest BCUT2D eigenvalue weighted by atomic mass is 9.71. The average Bonchev–Trinajstić information content (AvgIpc) is 2.71. The van der Waals surface area contributed by atoms with Crippen LogP contribution in [0.5, 0.6) is 0 Å². The quantitative estimate of drug-likeness (QED) is 0.619. The van der Waals surface area contributed by atoms with Gasteiger partial charge < -0.3 is 4.74 Å². The number of hydrogen-bond donors (Lipinski definition) is 0. The van der Waals surface area contributed by atoms with Crippen LogP contribution < -0.4 is 0 Å². The van der Waals surface area contributed by atoms with Gasteiger partial charge in [0.2, 0.25) is 0 Å². The van der Waals surface area contributed by atoms with Crippen LogP contribution in [-0.4, -0.2) is 12.1 Å². The summed E-state index contributed by atoms with van der Waals surface area (Å²) in [5, 5.41) is 0. The number of ether oxygens (including phenoxy) is 1. The van der Waals surface area contributed by atoms with Crippen molar-refractivity contribution in [3.63, 3.8) is 0 Å². The van der Waals surface area contributed by atoms with Crippen molar-refractivity contribution in [2.45, 2.75) is 52.6 Å². The first-order valence-electron chi connectivity index (χ1n) is 6.21. The Hall–Kier alpha value is -0.530. The van der Waals surface area contributed by atoms with Gasteiger partial charge in [-0.25, -0.2) is 0 Å². The third kappa shape index (κ3) is 0.982. The molecule has 0 aromatic heterocycles. The van der Waals surface area contributed by atoms with E-state index in [2.05, 4.69) is 20.8 Å². The van der Waals surface area contributed by atoms with Crippen LogP contribution in [-0.2, 0) is 9.53 Å². The zero-order chi connectivity index (χ0) is 10.8. The fourth-order valence-corrected chi connectivity index (χ4v) is 3.94. The lowest BCUT2D eigenvalue weighted by molar-refractivity contribution is -0.149. The molecule has 1 saturated heterocycles. The van der Waals surface area contributed by atoms with Crippen molar-refractivity contribution in [2.75, 3.05) is 0 Å². The molecular formula is C13H20O2. The Labute approximate surface area is 91.4 Å².